The van der Waals surface area contributed by atoms with Crippen molar-refractivity contribution in [3.8, 4) is 0 Å². The van der Waals surface area contributed by atoms with Gasteiger partial charge < -0.3 is 11.1 Å². The van der Waals surface area contributed by atoms with Gasteiger partial charge in [-0.25, -0.2) is 4.39 Å². The van der Waals surface area contributed by atoms with Gasteiger partial charge in [0, 0.05) is 11.0 Å². The molecule has 0 saturated carbocycles. The predicted octanol–water partition coefficient (Wildman–Crippen LogP) is 2.77. The zero-order chi connectivity index (χ0) is 15.2. The molecule has 0 heterocycles. The van der Waals surface area contributed by atoms with Gasteiger partial charge >= 0.3 is 0 Å². The Labute approximate surface area is 131 Å². The summed E-state index contributed by atoms with van der Waals surface area (Å²) in [7, 11) is 0. The van der Waals surface area contributed by atoms with Crippen LogP contribution in [0.5, 0.6) is 0 Å². The second-order valence-electron chi connectivity index (χ2n) is 4.75. The summed E-state index contributed by atoms with van der Waals surface area (Å²) in [5.41, 5.74) is 7.57. The first kappa shape index (κ1) is 15.7. The highest BCUT2D eigenvalue weighted by atomic mass is 79.9. The van der Waals surface area contributed by atoms with Gasteiger partial charge in [-0.1, -0.05) is 46.3 Å². The van der Waals surface area contributed by atoms with E-state index >= 15 is 0 Å². The summed E-state index contributed by atoms with van der Waals surface area (Å²) in [4.78, 5) is 12.0. The first-order valence-electron chi connectivity index (χ1n) is 6.57. The molecule has 0 aromatic heterocycles. The molecule has 2 rings (SSSR count). The van der Waals surface area contributed by atoms with Crippen molar-refractivity contribution in [2.45, 2.75) is 19.0 Å². The van der Waals surface area contributed by atoms with Crippen molar-refractivity contribution in [2.24, 2.45) is 5.73 Å². The number of rotatable bonds is 5. The fourth-order valence-electron chi connectivity index (χ4n) is 1.95. The summed E-state index contributed by atoms with van der Waals surface area (Å²) in [6, 6.07) is 13.3. The van der Waals surface area contributed by atoms with Crippen LogP contribution in [0.3, 0.4) is 0 Å². The lowest BCUT2D eigenvalue weighted by Gasteiger charge is -2.13. The van der Waals surface area contributed by atoms with Crippen LogP contribution in [-0.4, -0.2) is 11.9 Å². The molecule has 21 heavy (non-hydrogen) atoms. The minimum absolute atomic E-state index is 0.236. The molecule has 0 fully saturated rings. The molecule has 0 unspecified atom stereocenters. The molecule has 2 aromatic rings. The first-order valence-corrected chi connectivity index (χ1v) is 7.36. The van der Waals surface area contributed by atoms with E-state index in [9.17, 15) is 9.18 Å². The van der Waals surface area contributed by atoms with Crippen LogP contribution in [0.25, 0.3) is 0 Å². The highest BCUT2D eigenvalue weighted by Crippen LogP contribution is 2.17. The van der Waals surface area contributed by atoms with Crippen LogP contribution in [0.1, 0.15) is 11.1 Å². The number of carbonyl (C=O) groups excluding carboxylic acids is 1. The molecule has 110 valence electrons. The summed E-state index contributed by atoms with van der Waals surface area (Å²) < 4.78 is 13.9. The number of carbonyl (C=O) groups is 1. The van der Waals surface area contributed by atoms with Gasteiger partial charge in [-0.3, -0.25) is 4.79 Å². The number of nitrogens with one attached hydrogen (secondary N) is 1. The van der Waals surface area contributed by atoms with Gasteiger partial charge in [0.05, 0.1) is 6.04 Å². The average Bonchev–Trinajstić information content (AvgIpc) is 2.49. The maximum atomic E-state index is 13.2. The Bertz CT molecular complexity index is 619. The topological polar surface area (TPSA) is 55.1 Å². The molecule has 0 spiro atoms. The largest absolute Gasteiger partial charge is 0.351 e. The number of hydrogen-bond acceptors (Lipinski definition) is 2. The van der Waals surface area contributed by atoms with Gasteiger partial charge in [-0.2, -0.15) is 0 Å². The maximum absolute atomic E-state index is 13.2. The Kier molecular flexibility index (Phi) is 5.47. The van der Waals surface area contributed by atoms with Crippen LogP contribution >= 0.6 is 15.9 Å². The molecule has 5 heteroatoms. The summed E-state index contributed by atoms with van der Waals surface area (Å²) in [5.74, 6) is -0.592. The minimum atomic E-state index is -0.625. The summed E-state index contributed by atoms with van der Waals surface area (Å²) in [6.07, 6.45) is 0.469. The van der Waals surface area contributed by atoms with E-state index in [1.165, 1.54) is 12.1 Å². The first-order chi connectivity index (χ1) is 10.1. The van der Waals surface area contributed by atoms with Crippen LogP contribution in [0, 0.1) is 5.82 Å². The monoisotopic (exact) mass is 350 g/mol. The third-order valence-electron chi connectivity index (χ3n) is 3.10. The lowest BCUT2D eigenvalue weighted by Crippen LogP contribution is -2.41. The second-order valence-corrected chi connectivity index (χ2v) is 5.60. The van der Waals surface area contributed by atoms with E-state index in [0.717, 1.165) is 10.0 Å². The van der Waals surface area contributed by atoms with Crippen LogP contribution in [0.15, 0.2) is 53.0 Å². The lowest BCUT2D eigenvalue weighted by atomic mass is 10.1. The Morgan fingerprint density at radius 2 is 1.95 bits per heavy atom. The van der Waals surface area contributed by atoms with E-state index in [-0.39, 0.29) is 18.3 Å². The number of halogens is 2. The Morgan fingerprint density at radius 1 is 1.24 bits per heavy atom. The molecule has 0 bridgehead atoms. The Balaban J connectivity index is 1.91. The molecular formula is C16H16BrFN2O. The fourth-order valence-corrected chi connectivity index (χ4v) is 2.34. The number of amides is 1. The second kappa shape index (κ2) is 7.33. The zero-order valence-electron chi connectivity index (χ0n) is 11.4. The van der Waals surface area contributed by atoms with Crippen LogP contribution < -0.4 is 11.1 Å². The SMILES string of the molecule is N[C@H](Cc1ccccc1)C(=O)NCc1cc(F)ccc1Br. The molecule has 0 aliphatic rings. The maximum Gasteiger partial charge on any atom is 0.237 e. The van der Waals surface area contributed by atoms with Crippen molar-refractivity contribution < 1.29 is 9.18 Å². The Morgan fingerprint density at radius 3 is 2.67 bits per heavy atom. The van der Waals surface area contributed by atoms with E-state index in [2.05, 4.69) is 21.2 Å². The molecule has 0 radical (unpaired) electrons. The molecule has 0 aliphatic carbocycles. The molecule has 1 amide bonds. The van der Waals surface area contributed by atoms with E-state index in [4.69, 9.17) is 5.73 Å². The molecular weight excluding hydrogens is 335 g/mol. The summed E-state index contributed by atoms with van der Waals surface area (Å²) in [5, 5.41) is 2.73. The predicted molar refractivity (Wildman–Crippen MR) is 84.1 cm³/mol. The molecule has 3 N–H and O–H groups in total. The van der Waals surface area contributed by atoms with Crippen LogP contribution in [-0.2, 0) is 17.8 Å². The third kappa shape index (κ3) is 4.65. The minimum Gasteiger partial charge on any atom is -0.351 e. The molecule has 0 aliphatic heterocycles. The molecule has 1 atom stereocenters. The van der Waals surface area contributed by atoms with E-state index < -0.39 is 6.04 Å². The van der Waals surface area contributed by atoms with Crippen molar-refractivity contribution in [1.82, 2.24) is 5.32 Å². The van der Waals surface area contributed by atoms with Crippen molar-refractivity contribution in [2.75, 3.05) is 0 Å². The summed E-state index contributed by atoms with van der Waals surface area (Å²) >= 11 is 3.32. The number of nitrogens with two attached hydrogens (primary N) is 1. The Hall–Kier alpha value is -1.72. The smallest absolute Gasteiger partial charge is 0.237 e. The quantitative estimate of drug-likeness (QED) is 0.870. The average molecular weight is 351 g/mol. The highest BCUT2D eigenvalue weighted by molar-refractivity contribution is 9.10. The van der Waals surface area contributed by atoms with Gasteiger partial charge in [0.1, 0.15) is 5.82 Å². The van der Waals surface area contributed by atoms with Gasteiger partial charge in [-0.05, 0) is 35.7 Å². The molecule has 3 nitrogen and oxygen atoms in total. The number of benzene rings is 2. The third-order valence-corrected chi connectivity index (χ3v) is 3.87. The standard InChI is InChI=1S/C16H16BrFN2O/c17-14-7-6-13(18)9-12(14)10-20-16(21)15(19)8-11-4-2-1-3-5-11/h1-7,9,15H,8,10,19H2,(H,20,21)/t15-/m1/s1. The molecule has 0 saturated heterocycles. The van der Waals surface area contributed by atoms with Gasteiger partial charge in [0.25, 0.3) is 0 Å². The lowest BCUT2D eigenvalue weighted by molar-refractivity contribution is -0.122. The van der Waals surface area contributed by atoms with E-state index in [1.54, 1.807) is 6.07 Å². The number of hydrogen-bond donors (Lipinski definition) is 2. The highest BCUT2D eigenvalue weighted by Gasteiger charge is 2.14. The van der Waals surface area contributed by atoms with E-state index in [1.807, 2.05) is 30.3 Å². The van der Waals surface area contributed by atoms with Gasteiger partial charge in [0.2, 0.25) is 5.91 Å². The van der Waals surface area contributed by atoms with Gasteiger partial charge in [0.15, 0.2) is 0 Å². The summed E-state index contributed by atoms with van der Waals surface area (Å²) in [6.45, 7) is 0.236. The van der Waals surface area contributed by atoms with Gasteiger partial charge in [-0.15, -0.1) is 0 Å². The van der Waals surface area contributed by atoms with Crippen molar-refractivity contribution >= 4 is 21.8 Å². The zero-order valence-corrected chi connectivity index (χ0v) is 12.9. The van der Waals surface area contributed by atoms with Crippen molar-refractivity contribution in [3.05, 3.63) is 69.9 Å². The van der Waals surface area contributed by atoms with Crippen LogP contribution in [0.4, 0.5) is 4.39 Å². The van der Waals surface area contributed by atoms with Crippen molar-refractivity contribution in [3.63, 3.8) is 0 Å². The van der Waals surface area contributed by atoms with E-state index in [0.29, 0.717) is 12.0 Å². The molecule has 2 aromatic carbocycles. The van der Waals surface area contributed by atoms with Crippen molar-refractivity contribution in [1.29, 1.82) is 0 Å². The fraction of sp³-hybridized carbons (Fsp3) is 0.188. The normalized spacial score (nSPS) is 12.0. The van der Waals surface area contributed by atoms with Crippen LogP contribution in [0.2, 0.25) is 0 Å².